The lowest BCUT2D eigenvalue weighted by Crippen LogP contribution is -2.46. The van der Waals surface area contributed by atoms with E-state index in [9.17, 15) is 14.7 Å². The number of aliphatic hydroxyl groups is 1. The van der Waals surface area contributed by atoms with Crippen molar-refractivity contribution in [3.05, 3.63) is 0 Å². The van der Waals surface area contributed by atoms with Crippen molar-refractivity contribution >= 4 is 11.9 Å². The summed E-state index contributed by atoms with van der Waals surface area (Å²) in [5, 5.41) is 18.6. The minimum absolute atomic E-state index is 0.0982. The van der Waals surface area contributed by atoms with Crippen molar-refractivity contribution in [2.75, 3.05) is 6.54 Å². The number of carboxylic acid groups (broad SMARTS) is 1. The van der Waals surface area contributed by atoms with Gasteiger partial charge < -0.3 is 15.1 Å². The van der Waals surface area contributed by atoms with Crippen LogP contribution in [0.2, 0.25) is 0 Å². The molecule has 2 aliphatic rings. The van der Waals surface area contributed by atoms with Crippen LogP contribution in [0, 0.1) is 5.41 Å². The van der Waals surface area contributed by atoms with E-state index in [-0.39, 0.29) is 18.9 Å². The van der Waals surface area contributed by atoms with E-state index in [1.165, 1.54) is 4.90 Å². The number of carboxylic acids is 1. The molecule has 1 saturated carbocycles. The maximum Gasteiger partial charge on any atom is 0.326 e. The molecule has 1 saturated heterocycles. The van der Waals surface area contributed by atoms with E-state index in [0.717, 1.165) is 25.7 Å². The Hall–Kier alpha value is -1.10. The Morgan fingerprint density at radius 2 is 1.88 bits per heavy atom. The van der Waals surface area contributed by atoms with Crippen molar-refractivity contribution in [1.82, 2.24) is 4.90 Å². The van der Waals surface area contributed by atoms with Crippen LogP contribution in [0.4, 0.5) is 0 Å². The third kappa shape index (κ3) is 2.16. The fraction of sp³-hybridized carbons (Fsp3) is 0.833. The van der Waals surface area contributed by atoms with Crippen molar-refractivity contribution in [3.63, 3.8) is 0 Å². The molecule has 1 amide bonds. The van der Waals surface area contributed by atoms with E-state index in [0.29, 0.717) is 0 Å². The second-order valence-corrected chi connectivity index (χ2v) is 5.47. The van der Waals surface area contributed by atoms with Gasteiger partial charge in [0.15, 0.2) is 0 Å². The first-order valence-corrected chi connectivity index (χ1v) is 6.16. The average molecular weight is 241 g/mol. The van der Waals surface area contributed by atoms with Gasteiger partial charge in [-0.15, -0.1) is 0 Å². The van der Waals surface area contributed by atoms with Gasteiger partial charge >= 0.3 is 5.97 Å². The minimum atomic E-state index is -1.02. The van der Waals surface area contributed by atoms with Crippen molar-refractivity contribution in [1.29, 1.82) is 0 Å². The number of carbonyl (C=O) groups is 2. The van der Waals surface area contributed by atoms with Crippen molar-refractivity contribution in [2.24, 2.45) is 5.41 Å². The molecule has 2 fully saturated rings. The highest BCUT2D eigenvalue weighted by Crippen LogP contribution is 2.40. The highest BCUT2D eigenvalue weighted by Gasteiger charge is 2.46. The number of nitrogens with zero attached hydrogens (tertiary/aromatic N) is 1. The van der Waals surface area contributed by atoms with Crippen molar-refractivity contribution in [3.8, 4) is 0 Å². The number of β-amino-alcohol motifs (C(OH)–C–C–N with tert-alkyl or cyclic N) is 1. The van der Waals surface area contributed by atoms with Gasteiger partial charge in [-0.05, 0) is 12.8 Å². The topological polar surface area (TPSA) is 77.8 Å². The van der Waals surface area contributed by atoms with E-state index in [1.807, 2.05) is 6.92 Å². The lowest BCUT2D eigenvalue weighted by molar-refractivity contribution is -0.152. The average Bonchev–Trinajstić information content (AvgIpc) is 2.84. The molecule has 0 radical (unpaired) electrons. The largest absolute Gasteiger partial charge is 0.480 e. The first kappa shape index (κ1) is 12.4. The van der Waals surface area contributed by atoms with E-state index in [4.69, 9.17) is 5.11 Å². The summed E-state index contributed by atoms with van der Waals surface area (Å²) in [5.74, 6) is -1.12. The number of aliphatic carboxylic acids is 1. The van der Waals surface area contributed by atoms with Gasteiger partial charge in [-0.3, -0.25) is 4.79 Å². The van der Waals surface area contributed by atoms with Gasteiger partial charge in [0.2, 0.25) is 5.91 Å². The van der Waals surface area contributed by atoms with Crippen molar-refractivity contribution in [2.45, 2.75) is 51.2 Å². The first-order valence-electron chi connectivity index (χ1n) is 6.16. The summed E-state index contributed by atoms with van der Waals surface area (Å²) < 4.78 is 0. The van der Waals surface area contributed by atoms with Crippen LogP contribution >= 0.6 is 0 Å². The van der Waals surface area contributed by atoms with Gasteiger partial charge in [-0.1, -0.05) is 19.8 Å². The summed E-state index contributed by atoms with van der Waals surface area (Å²) in [5.41, 5.74) is -0.419. The molecule has 0 aromatic rings. The Morgan fingerprint density at radius 3 is 2.41 bits per heavy atom. The summed E-state index contributed by atoms with van der Waals surface area (Å²) in [4.78, 5) is 24.8. The molecule has 0 aromatic heterocycles. The van der Waals surface area contributed by atoms with E-state index < -0.39 is 23.5 Å². The zero-order valence-electron chi connectivity index (χ0n) is 10.1. The molecule has 2 rings (SSSR count). The Morgan fingerprint density at radius 1 is 1.29 bits per heavy atom. The highest BCUT2D eigenvalue weighted by molar-refractivity contribution is 5.88. The van der Waals surface area contributed by atoms with Gasteiger partial charge in [-0.2, -0.15) is 0 Å². The Balaban J connectivity index is 2.15. The Kier molecular flexibility index (Phi) is 3.12. The fourth-order valence-corrected chi connectivity index (χ4v) is 2.99. The molecule has 5 heteroatoms. The molecule has 1 heterocycles. The lowest BCUT2D eigenvalue weighted by atomic mass is 9.87. The van der Waals surface area contributed by atoms with Gasteiger partial charge in [0.1, 0.15) is 6.04 Å². The molecule has 0 bridgehead atoms. The van der Waals surface area contributed by atoms with Crippen LogP contribution in [0.25, 0.3) is 0 Å². The normalized spacial score (nSPS) is 31.8. The summed E-state index contributed by atoms with van der Waals surface area (Å²) in [6, 6.07) is -0.852. The fourth-order valence-electron chi connectivity index (χ4n) is 2.99. The smallest absolute Gasteiger partial charge is 0.326 e. The molecule has 0 aromatic carbocycles. The first-order chi connectivity index (χ1) is 7.94. The van der Waals surface area contributed by atoms with Crippen LogP contribution in [-0.2, 0) is 9.59 Å². The van der Waals surface area contributed by atoms with E-state index in [2.05, 4.69) is 0 Å². The second kappa shape index (κ2) is 4.29. The zero-order chi connectivity index (χ0) is 12.6. The SMILES string of the molecule is CC1(C(=O)N2C[C@H](O)C[C@@H]2C(=O)O)CCCC1. The number of carbonyl (C=O) groups excluding carboxylic acids is 1. The summed E-state index contributed by atoms with van der Waals surface area (Å²) in [6.45, 7) is 2.07. The Bertz CT molecular complexity index is 335. The van der Waals surface area contributed by atoms with Crippen LogP contribution in [0.5, 0.6) is 0 Å². The van der Waals surface area contributed by atoms with Crippen LogP contribution in [0.15, 0.2) is 0 Å². The molecule has 1 aliphatic carbocycles. The quantitative estimate of drug-likeness (QED) is 0.742. The number of likely N-dealkylation sites (tertiary alicyclic amines) is 1. The predicted molar refractivity (Wildman–Crippen MR) is 60.3 cm³/mol. The zero-order valence-corrected chi connectivity index (χ0v) is 10.1. The molecule has 1 aliphatic heterocycles. The monoisotopic (exact) mass is 241 g/mol. The van der Waals surface area contributed by atoms with Gasteiger partial charge in [0.05, 0.1) is 6.10 Å². The van der Waals surface area contributed by atoms with Gasteiger partial charge in [0.25, 0.3) is 0 Å². The molecule has 2 atom stereocenters. The molecular weight excluding hydrogens is 222 g/mol. The minimum Gasteiger partial charge on any atom is -0.480 e. The second-order valence-electron chi connectivity index (χ2n) is 5.47. The summed E-state index contributed by atoms with van der Waals surface area (Å²) in [7, 11) is 0. The molecular formula is C12H19NO4. The number of rotatable bonds is 2. The highest BCUT2D eigenvalue weighted by atomic mass is 16.4. The van der Waals surface area contributed by atoms with Crippen molar-refractivity contribution < 1.29 is 19.8 Å². The predicted octanol–water partition coefficient (Wildman–Crippen LogP) is 0.613. The molecule has 5 nitrogen and oxygen atoms in total. The van der Waals surface area contributed by atoms with Crippen LogP contribution < -0.4 is 0 Å². The number of hydrogen-bond acceptors (Lipinski definition) is 3. The molecule has 96 valence electrons. The third-order valence-electron chi connectivity index (χ3n) is 4.05. The number of aliphatic hydroxyl groups excluding tert-OH is 1. The van der Waals surface area contributed by atoms with Gasteiger partial charge in [0, 0.05) is 18.4 Å². The van der Waals surface area contributed by atoms with Crippen LogP contribution in [-0.4, -0.2) is 45.7 Å². The van der Waals surface area contributed by atoms with Crippen LogP contribution in [0.3, 0.4) is 0 Å². The Labute approximate surface area is 100 Å². The van der Waals surface area contributed by atoms with Crippen LogP contribution in [0.1, 0.15) is 39.0 Å². The molecule has 0 unspecified atom stereocenters. The van der Waals surface area contributed by atoms with E-state index >= 15 is 0 Å². The van der Waals surface area contributed by atoms with E-state index in [1.54, 1.807) is 0 Å². The molecule has 0 spiro atoms. The van der Waals surface area contributed by atoms with Gasteiger partial charge in [-0.25, -0.2) is 4.79 Å². The number of hydrogen-bond donors (Lipinski definition) is 2. The maximum absolute atomic E-state index is 12.4. The standard InChI is InChI=1S/C12H19NO4/c1-12(4-2-3-5-12)11(17)13-7-8(14)6-9(13)10(15)16/h8-9,14H,2-7H2,1H3,(H,15,16)/t8-,9-/m1/s1. The lowest BCUT2D eigenvalue weighted by Gasteiger charge is -2.31. The maximum atomic E-state index is 12.4. The molecule has 2 N–H and O–H groups in total. The third-order valence-corrected chi connectivity index (χ3v) is 4.05. The summed E-state index contributed by atoms with van der Waals surface area (Å²) in [6.07, 6.45) is 3.14. The summed E-state index contributed by atoms with van der Waals surface area (Å²) >= 11 is 0. The molecule has 17 heavy (non-hydrogen) atoms. The number of amides is 1.